The quantitative estimate of drug-likeness (QED) is 0.541. The van der Waals surface area contributed by atoms with Crippen LogP contribution in [0, 0.1) is 0 Å². The molecule has 3 nitrogen and oxygen atoms in total. The lowest BCUT2D eigenvalue weighted by molar-refractivity contribution is 0.108. The summed E-state index contributed by atoms with van der Waals surface area (Å²) in [6, 6.07) is 3.56. The summed E-state index contributed by atoms with van der Waals surface area (Å²) in [5.41, 5.74) is 8.45. The number of nitrogen functional groups attached to an aromatic ring is 1. The Morgan fingerprint density at radius 2 is 2.05 bits per heavy atom. The minimum Gasteiger partial charge on any atom is -0.398 e. The fourth-order valence-electron chi connectivity index (χ4n) is 3.48. The molecule has 1 aromatic carbocycles. The highest BCUT2D eigenvalue weighted by Gasteiger charge is 2.32. The molecule has 1 aliphatic rings. The van der Waals surface area contributed by atoms with Crippen LogP contribution in [0.15, 0.2) is 16.6 Å². The summed E-state index contributed by atoms with van der Waals surface area (Å²) in [5.74, 6) is 0. The van der Waals surface area contributed by atoms with Crippen LogP contribution in [0.2, 0.25) is 0 Å². The zero-order chi connectivity index (χ0) is 16.3. The highest BCUT2D eigenvalue weighted by atomic mass is 79.9. The van der Waals surface area contributed by atoms with E-state index in [1.807, 2.05) is 0 Å². The molecule has 0 amide bonds. The molecule has 0 heterocycles. The summed E-state index contributed by atoms with van der Waals surface area (Å²) in [5, 5.41) is 3.32. The highest BCUT2D eigenvalue weighted by Crippen LogP contribution is 2.36. The fraction of sp³-hybridized carbons (Fsp3) is 0.588. The number of carbonyl (C=O) groups excluding carboxylic acids is 1. The summed E-state index contributed by atoms with van der Waals surface area (Å²) in [4.78, 5) is 11.5. The molecule has 0 radical (unpaired) electrons. The lowest BCUT2D eigenvalue weighted by Crippen LogP contribution is -2.47. The molecule has 1 aliphatic carbocycles. The van der Waals surface area contributed by atoms with Gasteiger partial charge in [-0.3, -0.25) is 4.79 Å². The van der Waals surface area contributed by atoms with E-state index in [0.29, 0.717) is 11.3 Å². The number of hydrogen-bond donors (Lipinski definition) is 2. The zero-order valence-electron chi connectivity index (χ0n) is 13.2. The van der Waals surface area contributed by atoms with Crippen molar-refractivity contribution in [1.82, 2.24) is 5.32 Å². The maximum Gasteiger partial charge on any atom is 0.252 e. The molecule has 0 aliphatic heterocycles. The van der Waals surface area contributed by atoms with Gasteiger partial charge in [-0.1, -0.05) is 26.2 Å². The van der Waals surface area contributed by atoms with Gasteiger partial charge in [0.25, 0.3) is 5.24 Å². The van der Waals surface area contributed by atoms with Crippen LogP contribution in [0.4, 0.5) is 5.69 Å². The molecule has 3 N–H and O–H groups in total. The van der Waals surface area contributed by atoms with Crippen molar-refractivity contribution in [2.75, 3.05) is 5.73 Å². The van der Waals surface area contributed by atoms with Crippen molar-refractivity contribution < 1.29 is 4.79 Å². The first kappa shape index (κ1) is 17.8. The van der Waals surface area contributed by atoms with E-state index in [2.05, 4.69) is 35.1 Å². The Kier molecular flexibility index (Phi) is 5.92. The van der Waals surface area contributed by atoms with E-state index in [1.165, 1.54) is 32.1 Å². The molecule has 0 bridgehead atoms. The smallest absolute Gasteiger partial charge is 0.252 e. The molecule has 1 unspecified atom stereocenters. The van der Waals surface area contributed by atoms with E-state index in [9.17, 15) is 4.79 Å². The second kappa shape index (κ2) is 7.33. The Labute approximate surface area is 146 Å². The molecule has 5 heteroatoms. The Bertz CT molecular complexity index is 556. The molecule has 0 saturated heterocycles. The lowest BCUT2D eigenvalue weighted by atomic mass is 9.79. The maximum atomic E-state index is 11.5. The Morgan fingerprint density at radius 1 is 1.41 bits per heavy atom. The van der Waals surface area contributed by atoms with Crippen LogP contribution in [-0.2, 0) is 0 Å². The number of carbonyl (C=O) groups is 1. The van der Waals surface area contributed by atoms with E-state index >= 15 is 0 Å². The molecule has 2 rings (SSSR count). The molecule has 0 aromatic heterocycles. The third-order valence-electron chi connectivity index (χ3n) is 4.87. The second-order valence-electron chi connectivity index (χ2n) is 6.30. The normalized spacial score (nSPS) is 18.9. The molecular weight excluding hydrogens is 364 g/mol. The van der Waals surface area contributed by atoms with Gasteiger partial charge in [0.1, 0.15) is 0 Å². The Balaban J connectivity index is 2.28. The monoisotopic (exact) mass is 386 g/mol. The predicted octanol–water partition coefficient (Wildman–Crippen LogP) is 5.17. The fourth-order valence-corrected chi connectivity index (χ4v) is 4.06. The number of anilines is 1. The van der Waals surface area contributed by atoms with Crippen LogP contribution < -0.4 is 11.1 Å². The summed E-state index contributed by atoms with van der Waals surface area (Å²) in [7, 11) is 0. The Hall–Kier alpha value is -0.580. The molecule has 122 valence electrons. The number of rotatable bonds is 5. The van der Waals surface area contributed by atoms with Gasteiger partial charge in [0.2, 0.25) is 0 Å². The van der Waals surface area contributed by atoms with Crippen molar-refractivity contribution in [2.24, 2.45) is 0 Å². The standard InChI is InChI=1S/C17H24BrClN2O/c1-3-17(7-5-4-6-8-17)21-11(2)13-9-12(16(19)22)10-14(18)15(13)20/h9-11,21H,3-8,20H2,1-2H3. The summed E-state index contributed by atoms with van der Waals surface area (Å²) in [6.45, 7) is 4.34. The van der Waals surface area contributed by atoms with Gasteiger partial charge < -0.3 is 11.1 Å². The van der Waals surface area contributed by atoms with Crippen LogP contribution in [-0.4, -0.2) is 10.8 Å². The van der Waals surface area contributed by atoms with Gasteiger partial charge in [-0.2, -0.15) is 0 Å². The molecular formula is C17H24BrClN2O. The van der Waals surface area contributed by atoms with Gasteiger partial charge in [-0.25, -0.2) is 0 Å². The highest BCUT2D eigenvalue weighted by molar-refractivity contribution is 9.10. The van der Waals surface area contributed by atoms with Crippen molar-refractivity contribution in [3.8, 4) is 0 Å². The van der Waals surface area contributed by atoms with Gasteiger partial charge in [-0.05, 0) is 71.4 Å². The summed E-state index contributed by atoms with van der Waals surface area (Å²) in [6.07, 6.45) is 7.36. The van der Waals surface area contributed by atoms with E-state index in [-0.39, 0.29) is 11.6 Å². The first-order chi connectivity index (χ1) is 10.4. The van der Waals surface area contributed by atoms with E-state index in [4.69, 9.17) is 17.3 Å². The average molecular weight is 388 g/mol. The average Bonchev–Trinajstić information content (AvgIpc) is 2.50. The molecule has 1 atom stereocenters. The minimum absolute atomic E-state index is 0.0744. The van der Waals surface area contributed by atoms with Crippen molar-refractivity contribution in [2.45, 2.75) is 64.0 Å². The number of benzene rings is 1. The first-order valence-electron chi connectivity index (χ1n) is 7.95. The van der Waals surface area contributed by atoms with E-state index < -0.39 is 5.24 Å². The molecule has 1 aromatic rings. The summed E-state index contributed by atoms with van der Waals surface area (Å²) >= 11 is 9.06. The molecule has 22 heavy (non-hydrogen) atoms. The van der Waals surface area contributed by atoms with Gasteiger partial charge >= 0.3 is 0 Å². The molecule has 1 saturated carbocycles. The predicted molar refractivity (Wildman–Crippen MR) is 96.4 cm³/mol. The van der Waals surface area contributed by atoms with Gasteiger partial charge in [0, 0.05) is 21.6 Å². The van der Waals surface area contributed by atoms with Crippen molar-refractivity contribution in [3.63, 3.8) is 0 Å². The lowest BCUT2D eigenvalue weighted by Gasteiger charge is -2.40. The van der Waals surface area contributed by atoms with Crippen LogP contribution in [0.5, 0.6) is 0 Å². The van der Waals surface area contributed by atoms with Crippen LogP contribution in [0.25, 0.3) is 0 Å². The minimum atomic E-state index is -0.461. The van der Waals surface area contributed by atoms with E-state index in [1.54, 1.807) is 12.1 Å². The number of halogens is 2. The molecule has 1 fully saturated rings. The largest absolute Gasteiger partial charge is 0.398 e. The van der Waals surface area contributed by atoms with Gasteiger partial charge in [-0.15, -0.1) is 0 Å². The first-order valence-corrected chi connectivity index (χ1v) is 9.12. The number of nitrogens with one attached hydrogen (secondary N) is 1. The van der Waals surface area contributed by atoms with E-state index in [0.717, 1.165) is 16.5 Å². The third kappa shape index (κ3) is 3.84. The van der Waals surface area contributed by atoms with Crippen molar-refractivity contribution in [1.29, 1.82) is 0 Å². The maximum absolute atomic E-state index is 11.5. The Morgan fingerprint density at radius 3 is 2.59 bits per heavy atom. The van der Waals surface area contributed by atoms with Crippen LogP contribution in [0.3, 0.4) is 0 Å². The van der Waals surface area contributed by atoms with Crippen LogP contribution >= 0.6 is 27.5 Å². The topological polar surface area (TPSA) is 55.1 Å². The third-order valence-corrected chi connectivity index (χ3v) is 5.74. The zero-order valence-corrected chi connectivity index (χ0v) is 15.6. The van der Waals surface area contributed by atoms with Crippen LogP contribution in [0.1, 0.15) is 74.3 Å². The summed E-state index contributed by atoms with van der Waals surface area (Å²) < 4.78 is 0.719. The second-order valence-corrected chi connectivity index (χ2v) is 7.49. The number of hydrogen-bond acceptors (Lipinski definition) is 3. The van der Waals surface area contributed by atoms with Crippen molar-refractivity contribution >= 4 is 38.5 Å². The van der Waals surface area contributed by atoms with Crippen molar-refractivity contribution in [3.05, 3.63) is 27.7 Å². The SMILES string of the molecule is CCC1(NC(C)c2cc(C(=O)Cl)cc(Br)c2N)CCCCC1. The van der Waals surface area contributed by atoms with Gasteiger partial charge in [0.15, 0.2) is 0 Å². The molecule has 0 spiro atoms. The number of nitrogens with two attached hydrogens (primary N) is 1. The van der Waals surface area contributed by atoms with Gasteiger partial charge in [0.05, 0.1) is 5.69 Å².